The molecule has 2 aromatic carbocycles. The van der Waals surface area contributed by atoms with Gasteiger partial charge in [0.15, 0.2) is 0 Å². The molecule has 1 heterocycles. The van der Waals surface area contributed by atoms with E-state index in [0.29, 0.717) is 23.4 Å². The number of anilines is 1. The van der Waals surface area contributed by atoms with Crippen LogP contribution in [-0.4, -0.2) is 51.7 Å². The van der Waals surface area contributed by atoms with Crippen molar-refractivity contribution < 1.29 is 22.7 Å². The molecular formula is C29H41N3O5SSi. The summed E-state index contributed by atoms with van der Waals surface area (Å²) in [4.78, 5) is 24.6. The van der Waals surface area contributed by atoms with Gasteiger partial charge in [-0.1, -0.05) is 68.9 Å². The standard InChI is InChI=1S/C29H41N3O5SSi/c1-22(33)30-26-13-9-8-12-25(26)18-24-14-15-27(28(19-24)37-21-23-10-6-5-7-11-23)32-20-29(34)31(38(32,35)36)16-17-39(2,3)4/h5-7,10-11,14-15,19,25-26H,8-9,12-13,16-18,20-21H2,1-4H3,(H,30,33)/t25-,26+/m0/s1. The van der Waals surface area contributed by atoms with Gasteiger partial charge in [0, 0.05) is 27.6 Å². The van der Waals surface area contributed by atoms with Crippen LogP contribution in [0.25, 0.3) is 0 Å². The number of carbonyl (C=O) groups excluding carboxylic acids is 2. The zero-order valence-electron chi connectivity index (χ0n) is 23.5. The van der Waals surface area contributed by atoms with Crippen molar-refractivity contribution in [1.82, 2.24) is 9.62 Å². The molecule has 0 unspecified atom stereocenters. The van der Waals surface area contributed by atoms with Crippen LogP contribution in [0, 0.1) is 5.92 Å². The summed E-state index contributed by atoms with van der Waals surface area (Å²) in [7, 11) is -5.56. The van der Waals surface area contributed by atoms with Gasteiger partial charge in [0.1, 0.15) is 18.9 Å². The van der Waals surface area contributed by atoms with Crippen molar-refractivity contribution in [3.8, 4) is 5.75 Å². The van der Waals surface area contributed by atoms with E-state index in [1.165, 1.54) is 4.31 Å². The van der Waals surface area contributed by atoms with Crippen molar-refractivity contribution in [1.29, 1.82) is 0 Å². The molecule has 2 aliphatic rings. The van der Waals surface area contributed by atoms with E-state index in [4.69, 9.17) is 4.74 Å². The van der Waals surface area contributed by atoms with Crippen molar-refractivity contribution in [2.45, 2.75) is 77.4 Å². The van der Waals surface area contributed by atoms with Crippen LogP contribution in [0.2, 0.25) is 25.7 Å². The molecule has 4 rings (SSSR count). The molecule has 2 amide bonds. The second-order valence-corrected chi connectivity index (χ2v) is 19.3. The highest BCUT2D eigenvalue weighted by Gasteiger charge is 2.44. The van der Waals surface area contributed by atoms with E-state index in [9.17, 15) is 18.0 Å². The second kappa shape index (κ2) is 12.1. The van der Waals surface area contributed by atoms with Crippen LogP contribution in [0.3, 0.4) is 0 Å². The van der Waals surface area contributed by atoms with Crippen molar-refractivity contribution in [3.63, 3.8) is 0 Å². The normalized spacial score (nSPS) is 21.2. The first-order valence-electron chi connectivity index (χ1n) is 13.8. The highest BCUT2D eigenvalue weighted by atomic mass is 32.2. The summed E-state index contributed by atoms with van der Waals surface area (Å²) in [6.45, 7) is 8.29. The number of ether oxygens (including phenoxy) is 1. The molecule has 8 nitrogen and oxygen atoms in total. The molecular weight excluding hydrogens is 530 g/mol. The average Bonchev–Trinajstić information content (AvgIpc) is 3.10. The Morgan fingerprint density at radius 2 is 1.77 bits per heavy atom. The summed E-state index contributed by atoms with van der Waals surface area (Å²) in [5.41, 5.74) is 2.35. The Bertz CT molecular complexity index is 1280. The molecule has 0 aromatic heterocycles. The lowest BCUT2D eigenvalue weighted by atomic mass is 9.80. The SMILES string of the molecule is CC(=O)N[C@@H]1CCCC[C@H]1Cc1ccc(N2CC(=O)N(CC[Si](C)(C)C)S2(=O)=O)c(OCc2ccccc2)c1. The summed E-state index contributed by atoms with van der Waals surface area (Å²) in [6.07, 6.45) is 4.95. The minimum absolute atomic E-state index is 0.0169. The van der Waals surface area contributed by atoms with Crippen LogP contribution < -0.4 is 14.4 Å². The van der Waals surface area contributed by atoms with Crippen LogP contribution >= 0.6 is 0 Å². The first-order valence-corrected chi connectivity index (χ1v) is 18.9. The van der Waals surface area contributed by atoms with E-state index in [0.717, 1.165) is 47.5 Å². The lowest BCUT2D eigenvalue weighted by molar-refractivity contribution is -0.124. The van der Waals surface area contributed by atoms with Crippen molar-refractivity contribution >= 4 is 35.8 Å². The van der Waals surface area contributed by atoms with Crippen molar-refractivity contribution in [3.05, 3.63) is 59.7 Å². The minimum atomic E-state index is -4.01. The third-order valence-electron chi connectivity index (χ3n) is 7.50. The fourth-order valence-corrected chi connectivity index (χ4v) is 7.97. The molecule has 39 heavy (non-hydrogen) atoms. The van der Waals surface area contributed by atoms with Gasteiger partial charge in [-0.15, -0.1) is 0 Å². The van der Waals surface area contributed by atoms with E-state index >= 15 is 0 Å². The van der Waals surface area contributed by atoms with Gasteiger partial charge in [0.25, 0.3) is 5.91 Å². The lowest BCUT2D eigenvalue weighted by Gasteiger charge is -2.32. The topological polar surface area (TPSA) is 96.0 Å². The highest BCUT2D eigenvalue weighted by Crippen LogP contribution is 2.37. The lowest BCUT2D eigenvalue weighted by Crippen LogP contribution is -2.41. The molecule has 1 saturated carbocycles. The zero-order valence-corrected chi connectivity index (χ0v) is 25.3. The van der Waals surface area contributed by atoms with E-state index in [-0.39, 0.29) is 31.6 Å². The Labute approximate surface area is 233 Å². The van der Waals surface area contributed by atoms with Crippen LogP contribution in [0.1, 0.15) is 43.7 Å². The molecule has 1 aliphatic carbocycles. The maximum Gasteiger partial charge on any atom is 0.329 e. The maximum atomic E-state index is 13.5. The van der Waals surface area contributed by atoms with Gasteiger partial charge < -0.3 is 10.1 Å². The number of carbonyl (C=O) groups is 2. The number of hydrogen-bond acceptors (Lipinski definition) is 5. The molecule has 2 atom stereocenters. The quantitative estimate of drug-likeness (QED) is 0.416. The fourth-order valence-electron chi connectivity index (χ4n) is 5.37. The molecule has 1 saturated heterocycles. The Kier molecular flexibility index (Phi) is 9.06. The number of benzene rings is 2. The van der Waals surface area contributed by atoms with Gasteiger partial charge in [-0.25, -0.2) is 8.61 Å². The molecule has 2 fully saturated rings. The summed E-state index contributed by atoms with van der Waals surface area (Å²) >= 11 is 0. The Morgan fingerprint density at radius 1 is 1.05 bits per heavy atom. The average molecular weight is 572 g/mol. The van der Waals surface area contributed by atoms with Crippen molar-refractivity contribution in [2.24, 2.45) is 5.92 Å². The minimum Gasteiger partial charge on any atom is -0.487 e. The Morgan fingerprint density at radius 3 is 2.46 bits per heavy atom. The van der Waals surface area contributed by atoms with Gasteiger partial charge >= 0.3 is 10.2 Å². The van der Waals surface area contributed by atoms with Gasteiger partial charge in [-0.3, -0.25) is 9.59 Å². The molecule has 212 valence electrons. The summed E-state index contributed by atoms with van der Waals surface area (Å²) in [5.74, 6) is 0.305. The van der Waals surface area contributed by atoms with E-state index < -0.39 is 24.2 Å². The Hall–Kier alpha value is -2.85. The fraction of sp³-hybridized carbons (Fsp3) is 0.517. The third kappa shape index (κ3) is 7.42. The highest BCUT2D eigenvalue weighted by molar-refractivity contribution is 7.91. The molecule has 1 N–H and O–H groups in total. The Balaban J connectivity index is 1.62. The largest absolute Gasteiger partial charge is 0.487 e. The summed E-state index contributed by atoms with van der Waals surface area (Å²) in [5, 5.41) is 3.11. The van der Waals surface area contributed by atoms with Gasteiger partial charge in [-0.2, -0.15) is 8.42 Å². The van der Waals surface area contributed by atoms with Crippen LogP contribution in [0.15, 0.2) is 48.5 Å². The van der Waals surface area contributed by atoms with Crippen LogP contribution in [0.4, 0.5) is 5.69 Å². The molecule has 0 spiro atoms. The van der Waals surface area contributed by atoms with E-state index in [1.807, 2.05) is 42.5 Å². The molecule has 0 radical (unpaired) electrons. The monoisotopic (exact) mass is 571 g/mol. The predicted octanol–water partition coefficient (Wildman–Crippen LogP) is 4.73. The molecule has 1 aliphatic heterocycles. The van der Waals surface area contributed by atoms with E-state index in [1.54, 1.807) is 13.0 Å². The molecule has 10 heteroatoms. The third-order valence-corrected chi connectivity index (χ3v) is 11.1. The first-order chi connectivity index (χ1) is 18.4. The number of amides is 2. The molecule has 2 aromatic rings. The van der Waals surface area contributed by atoms with Gasteiger partial charge in [0.05, 0.1) is 5.69 Å². The number of hydrogen-bond donors (Lipinski definition) is 1. The smallest absolute Gasteiger partial charge is 0.329 e. The number of nitrogens with one attached hydrogen (secondary N) is 1. The number of nitrogens with zero attached hydrogens (tertiary/aromatic N) is 2. The predicted molar refractivity (Wildman–Crippen MR) is 157 cm³/mol. The van der Waals surface area contributed by atoms with Crippen LogP contribution in [-0.2, 0) is 32.8 Å². The summed E-state index contributed by atoms with van der Waals surface area (Å²) in [6, 6.07) is 16.1. The van der Waals surface area contributed by atoms with Crippen LogP contribution in [0.5, 0.6) is 5.75 Å². The van der Waals surface area contributed by atoms with Crippen molar-refractivity contribution in [2.75, 3.05) is 17.4 Å². The summed E-state index contributed by atoms with van der Waals surface area (Å²) < 4.78 is 35.5. The number of rotatable bonds is 10. The maximum absolute atomic E-state index is 13.5. The van der Waals surface area contributed by atoms with Gasteiger partial charge in [0.2, 0.25) is 5.91 Å². The van der Waals surface area contributed by atoms with Gasteiger partial charge in [-0.05, 0) is 54.5 Å². The zero-order chi connectivity index (χ0) is 28.2. The molecule has 0 bridgehead atoms. The van der Waals surface area contributed by atoms with E-state index in [2.05, 4.69) is 25.0 Å². The first kappa shape index (κ1) is 29.1. The second-order valence-electron chi connectivity index (χ2n) is 11.9.